The minimum absolute atomic E-state index is 0.322. The minimum atomic E-state index is 0.322. The molecule has 6 nitrogen and oxygen atoms in total. The van der Waals surface area contributed by atoms with Crippen LogP contribution in [-0.2, 0) is 0 Å². The standard InChI is InChI=1S/C15H21N5O/c1-5-6-21-15-19-13(16-4)18-14(20-15)17-12-8-10(2)7-11(3)9-12/h7-9H,5-6H2,1-4H3,(H2,16,17,18,19,20). The van der Waals surface area contributed by atoms with Gasteiger partial charge in [-0.3, -0.25) is 0 Å². The van der Waals surface area contributed by atoms with E-state index in [9.17, 15) is 0 Å². The van der Waals surface area contributed by atoms with Gasteiger partial charge in [0.05, 0.1) is 6.61 Å². The van der Waals surface area contributed by atoms with E-state index >= 15 is 0 Å². The summed E-state index contributed by atoms with van der Waals surface area (Å²) in [5.41, 5.74) is 3.31. The quantitative estimate of drug-likeness (QED) is 0.850. The van der Waals surface area contributed by atoms with Crippen LogP contribution in [0.25, 0.3) is 0 Å². The smallest absolute Gasteiger partial charge is 0.323 e. The molecule has 0 aliphatic carbocycles. The van der Waals surface area contributed by atoms with Crippen LogP contribution in [0, 0.1) is 13.8 Å². The number of nitrogens with zero attached hydrogens (tertiary/aromatic N) is 3. The van der Waals surface area contributed by atoms with Gasteiger partial charge in [0.25, 0.3) is 0 Å². The number of nitrogens with one attached hydrogen (secondary N) is 2. The number of hydrogen-bond donors (Lipinski definition) is 2. The van der Waals surface area contributed by atoms with Crippen molar-refractivity contribution >= 4 is 17.6 Å². The lowest BCUT2D eigenvalue weighted by Gasteiger charge is -2.10. The van der Waals surface area contributed by atoms with Crippen LogP contribution in [0.5, 0.6) is 6.01 Å². The summed E-state index contributed by atoms with van der Waals surface area (Å²) in [6, 6.07) is 6.53. The molecule has 0 aliphatic heterocycles. The number of aryl methyl sites for hydroxylation is 2. The Morgan fingerprint density at radius 3 is 2.29 bits per heavy atom. The van der Waals surface area contributed by atoms with Gasteiger partial charge in [-0.25, -0.2) is 0 Å². The lowest BCUT2D eigenvalue weighted by atomic mass is 10.1. The van der Waals surface area contributed by atoms with E-state index in [1.165, 1.54) is 11.1 Å². The van der Waals surface area contributed by atoms with E-state index in [0.717, 1.165) is 12.1 Å². The Bertz CT molecular complexity index is 595. The van der Waals surface area contributed by atoms with Gasteiger partial charge in [-0.2, -0.15) is 15.0 Å². The van der Waals surface area contributed by atoms with Crippen molar-refractivity contribution in [2.24, 2.45) is 0 Å². The largest absolute Gasteiger partial charge is 0.463 e. The van der Waals surface area contributed by atoms with Crippen molar-refractivity contribution in [3.8, 4) is 6.01 Å². The zero-order chi connectivity index (χ0) is 15.2. The van der Waals surface area contributed by atoms with Crippen LogP contribution in [0.15, 0.2) is 18.2 Å². The molecule has 0 bridgehead atoms. The van der Waals surface area contributed by atoms with Crippen molar-refractivity contribution in [2.75, 3.05) is 24.3 Å². The van der Waals surface area contributed by atoms with Gasteiger partial charge in [0.2, 0.25) is 11.9 Å². The molecule has 0 radical (unpaired) electrons. The molecule has 0 fully saturated rings. The molecule has 2 aromatic rings. The molecular formula is C15H21N5O. The normalized spacial score (nSPS) is 10.3. The van der Waals surface area contributed by atoms with Gasteiger partial charge in [0.15, 0.2) is 0 Å². The van der Waals surface area contributed by atoms with Crippen molar-refractivity contribution in [3.05, 3.63) is 29.3 Å². The molecule has 1 aromatic carbocycles. The molecule has 112 valence electrons. The van der Waals surface area contributed by atoms with Crippen LogP contribution in [0.1, 0.15) is 24.5 Å². The Morgan fingerprint density at radius 2 is 1.67 bits per heavy atom. The number of benzene rings is 1. The number of ether oxygens (including phenoxy) is 1. The maximum atomic E-state index is 5.48. The molecule has 0 saturated carbocycles. The SMILES string of the molecule is CCCOc1nc(NC)nc(Nc2cc(C)cc(C)c2)n1. The second-order valence-corrected chi connectivity index (χ2v) is 4.87. The molecule has 2 rings (SSSR count). The maximum absolute atomic E-state index is 5.48. The highest BCUT2D eigenvalue weighted by atomic mass is 16.5. The Labute approximate surface area is 125 Å². The highest BCUT2D eigenvalue weighted by Gasteiger charge is 2.07. The summed E-state index contributed by atoms with van der Waals surface area (Å²) >= 11 is 0. The predicted octanol–water partition coefficient (Wildman–Crippen LogP) is 3.06. The van der Waals surface area contributed by atoms with Crippen molar-refractivity contribution in [1.82, 2.24) is 15.0 Å². The van der Waals surface area contributed by atoms with E-state index in [-0.39, 0.29) is 0 Å². The van der Waals surface area contributed by atoms with E-state index in [1.807, 2.05) is 19.1 Å². The van der Waals surface area contributed by atoms with Gasteiger partial charge in [-0.05, 0) is 43.5 Å². The minimum Gasteiger partial charge on any atom is -0.463 e. The average molecular weight is 287 g/mol. The highest BCUT2D eigenvalue weighted by molar-refractivity contribution is 5.56. The molecule has 0 atom stereocenters. The van der Waals surface area contributed by atoms with Gasteiger partial charge in [0, 0.05) is 12.7 Å². The van der Waals surface area contributed by atoms with E-state index < -0.39 is 0 Å². The molecule has 0 amide bonds. The molecular weight excluding hydrogens is 266 g/mol. The monoisotopic (exact) mass is 287 g/mol. The summed E-state index contributed by atoms with van der Waals surface area (Å²) in [5.74, 6) is 0.938. The van der Waals surface area contributed by atoms with Crippen LogP contribution in [0.4, 0.5) is 17.6 Å². The fourth-order valence-electron chi connectivity index (χ4n) is 1.96. The zero-order valence-corrected chi connectivity index (χ0v) is 12.9. The predicted molar refractivity (Wildman–Crippen MR) is 84.4 cm³/mol. The third-order valence-corrected chi connectivity index (χ3v) is 2.75. The molecule has 1 aromatic heterocycles. The molecule has 6 heteroatoms. The average Bonchev–Trinajstić information content (AvgIpc) is 2.43. The van der Waals surface area contributed by atoms with Gasteiger partial charge in [0.1, 0.15) is 0 Å². The van der Waals surface area contributed by atoms with Crippen LogP contribution in [0.2, 0.25) is 0 Å². The van der Waals surface area contributed by atoms with Crippen LogP contribution in [0.3, 0.4) is 0 Å². The molecule has 1 heterocycles. The molecule has 0 spiro atoms. The molecule has 0 unspecified atom stereocenters. The van der Waals surface area contributed by atoms with Crippen LogP contribution < -0.4 is 15.4 Å². The van der Waals surface area contributed by atoms with Crippen LogP contribution >= 0.6 is 0 Å². The third-order valence-electron chi connectivity index (χ3n) is 2.75. The van der Waals surface area contributed by atoms with Crippen molar-refractivity contribution in [2.45, 2.75) is 27.2 Å². The number of aromatic nitrogens is 3. The van der Waals surface area contributed by atoms with Gasteiger partial charge in [-0.1, -0.05) is 13.0 Å². The lowest BCUT2D eigenvalue weighted by Crippen LogP contribution is -2.07. The zero-order valence-electron chi connectivity index (χ0n) is 12.9. The summed E-state index contributed by atoms with van der Waals surface area (Å²) < 4.78 is 5.48. The fraction of sp³-hybridized carbons (Fsp3) is 0.400. The first kappa shape index (κ1) is 15.0. The van der Waals surface area contributed by atoms with Gasteiger partial charge < -0.3 is 15.4 Å². The third kappa shape index (κ3) is 4.30. The van der Waals surface area contributed by atoms with E-state index in [2.05, 4.69) is 45.5 Å². The second kappa shape index (κ2) is 6.88. The molecule has 2 N–H and O–H groups in total. The first-order valence-electron chi connectivity index (χ1n) is 7.02. The van der Waals surface area contributed by atoms with E-state index in [0.29, 0.717) is 24.5 Å². The summed E-state index contributed by atoms with van der Waals surface area (Å²) in [4.78, 5) is 12.7. The summed E-state index contributed by atoms with van der Waals surface area (Å²) in [6.45, 7) is 6.73. The van der Waals surface area contributed by atoms with Crippen molar-refractivity contribution < 1.29 is 4.74 Å². The first-order valence-corrected chi connectivity index (χ1v) is 7.02. The summed E-state index contributed by atoms with van der Waals surface area (Å²) in [7, 11) is 1.76. The second-order valence-electron chi connectivity index (χ2n) is 4.87. The Morgan fingerprint density at radius 1 is 1.00 bits per heavy atom. The number of hydrogen-bond acceptors (Lipinski definition) is 6. The lowest BCUT2D eigenvalue weighted by molar-refractivity contribution is 0.292. The maximum Gasteiger partial charge on any atom is 0.323 e. The fourth-order valence-corrected chi connectivity index (χ4v) is 1.96. The number of rotatable bonds is 6. The van der Waals surface area contributed by atoms with Crippen molar-refractivity contribution in [3.63, 3.8) is 0 Å². The highest BCUT2D eigenvalue weighted by Crippen LogP contribution is 2.19. The summed E-state index contributed by atoms with van der Waals surface area (Å²) in [6.07, 6.45) is 0.903. The van der Waals surface area contributed by atoms with Crippen LogP contribution in [-0.4, -0.2) is 28.6 Å². The molecule has 0 aliphatic rings. The molecule has 21 heavy (non-hydrogen) atoms. The number of anilines is 3. The molecule has 0 saturated heterocycles. The Balaban J connectivity index is 2.25. The topological polar surface area (TPSA) is 72.0 Å². The van der Waals surface area contributed by atoms with E-state index in [1.54, 1.807) is 7.05 Å². The Hall–Kier alpha value is -2.37. The van der Waals surface area contributed by atoms with Gasteiger partial charge in [-0.15, -0.1) is 0 Å². The van der Waals surface area contributed by atoms with Crippen molar-refractivity contribution in [1.29, 1.82) is 0 Å². The first-order chi connectivity index (χ1) is 10.1. The summed E-state index contributed by atoms with van der Waals surface area (Å²) in [5, 5.41) is 6.11. The van der Waals surface area contributed by atoms with E-state index in [4.69, 9.17) is 4.74 Å². The van der Waals surface area contributed by atoms with Gasteiger partial charge >= 0.3 is 6.01 Å². The Kier molecular flexibility index (Phi) is 4.92.